The molecule has 0 aliphatic carbocycles. The van der Waals surface area contributed by atoms with Crippen molar-refractivity contribution in [2.75, 3.05) is 0 Å². The van der Waals surface area contributed by atoms with E-state index in [1.165, 1.54) is 18.4 Å². The summed E-state index contributed by atoms with van der Waals surface area (Å²) in [7, 11) is 0. The van der Waals surface area contributed by atoms with Gasteiger partial charge >= 0.3 is 0 Å². The summed E-state index contributed by atoms with van der Waals surface area (Å²) >= 11 is 11.9. The molecule has 0 aliphatic heterocycles. The molecule has 2 N–H and O–H groups in total. The first-order chi connectivity index (χ1) is 8.00. The predicted octanol–water partition coefficient (Wildman–Crippen LogP) is 4.83. The lowest BCUT2D eigenvalue weighted by Gasteiger charge is -2.28. The van der Waals surface area contributed by atoms with Gasteiger partial charge in [0.15, 0.2) is 0 Å². The lowest BCUT2D eigenvalue weighted by molar-refractivity contribution is 0.365. The van der Waals surface area contributed by atoms with Crippen LogP contribution in [0.1, 0.15) is 45.1 Å². The van der Waals surface area contributed by atoms with Gasteiger partial charge in [0, 0.05) is 5.54 Å². The van der Waals surface area contributed by atoms with Gasteiger partial charge in [-0.2, -0.15) is 0 Å². The number of unbranched alkanes of at least 4 members (excludes halogenated alkanes) is 1. The van der Waals surface area contributed by atoms with Crippen LogP contribution in [0.5, 0.6) is 0 Å². The van der Waals surface area contributed by atoms with Crippen LogP contribution in [0.4, 0.5) is 0 Å². The van der Waals surface area contributed by atoms with Crippen molar-refractivity contribution in [3.05, 3.63) is 33.8 Å². The smallest absolute Gasteiger partial charge is 0.0595 e. The van der Waals surface area contributed by atoms with Crippen LogP contribution in [0.15, 0.2) is 18.2 Å². The minimum atomic E-state index is -0.118. The Morgan fingerprint density at radius 3 is 2.41 bits per heavy atom. The minimum absolute atomic E-state index is 0.118. The zero-order valence-electron chi connectivity index (χ0n) is 10.6. The van der Waals surface area contributed by atoms with E-state index in [0.29, 0.717) is 10.0 Å². The summed E-state index contributed by atoms with van der Waals surface area (Å²) in [5.74, 6) is 0. The lowest BCUT2D eigenvalue weighted by atomic mass is 9.85. The second kappa shape index (κ2) is 6.63. The molecule has 1 aromatic rings. The van der Waals surface area contributed by atoms with Gasteiger partial charge in [0.05, 0.1) is 10.0 Å². The van der Waals surface area contributed by atoms with Crippen molar-refractivity contribution in [2.24, 2.45) is 5.73 Å². The summed E-state index contributed by atoms with van der Waals surface area (Å²) in [6.07, 6.45) is 5.25. The van der Waals surface area contributed by atoms with Crippen LogP contribution in [0.3, 0.4) is 0 Å². The number of hydrogen-bond donors (Lipinski definition) is 1. The molecule has 0 saturated heterocycles. The Kier molecular flexibility index (Phi) is 5.78. The fourth-order valence-corrected chi connectivity index (χ4v) is 2.30. The first-order valence-corrected chi connectivity index (χ1v) is 6.99. The second-order valence-corrected chi connectivity index (χ2v) is 5.56. The van der Waals surface area contributed by atoms with Crippen molar-refractivity contribution < 1.29 is 0 Å². The summed E-state index contributed by atoms with van der Waals surface area (Å²) in [4.78, 5) is 0. The van der Waals surface area contributed by atoms with E-state index in [4.69, 9.17) is 28.9 Å². The van der Waals surface area contributed by atoms with Crippen molar-refractivity contribution in [3.8, 4) is 0 Å². The Balaban J connectivity index is 2.76. The number of nitrogens with two attached hydrogens (primary N) is 1. The number of hydrogen-bond acceptors (Lipinski definition) is 1. The number of rotatable bonds is 6. The maximum absolute atomic E-state index is 6.43. The van der Waals surface area contributed by atoms with Crippen LogP contribution in [0, 0.1) is 0 Å². The molecule has 1 atom stereocenters. The quantitative estimate of drug-likeness (QED) is 0.789. The SMILES string of the molecule is CCCCC(N)(CC)Cc1ccc(Cl)c(Cl)c1. The maximum Gasteiger partial charge on any atom is 0.0595 e. The van der Waals surface area contributed by atoms with E-state index in [9.17, 15) is 0 Å². The average molecular weight is 274 g/mol. The Morgan fingerprint density at radius 1 is 1.18 bits per heavy atom. The molecule has 1 unspecified atom stereocenters. The Hall–Kier alpha value is -0.240. The lowest BCUT2D eigenvalue weighted by Crippen LogP contribution is -2.41. The van der Waals surface area contributed by atoms with Gasteiger partial charge in [-0.15, -0.1) is 0 Å². The Labute approximate surface area is 114 Å². The summed E-state index contributed by atoms with van der Waals surface area (Å²) in [5.41, 5.74) is 7.48. The molecule has 17 heavy (non-hydrogen) atoms. The molecular formula is C14H21Cl2N. The third-order valence-corrected chi connectivity index (χ3v) is 4.01. The van der Waals surface area contributed by atoms with Crippen LogP contribution in [0.25, 0.3) is 0 Å². The average Bonchev–Trinajstić information content (AvgIpc) is 2.31. The van der Waals surface area contributed by atoms with Gasteiger partial charge < -0.3 is 5.73 Å². The molecule has 96 valence electrons. The molecule has 1 rings (SSSR count). The van der Waals surface area contributed by atoms with Gasteiger partial charge in [0.25, 0.3) is 0 Å². The van der Waals surface area contributed by atoms with E-state index >= 15 is 0 Å². The standard InChI is InChI=1S/C14H21Cl2N/c1-3-5-8-14(17,4-2)10-11-6-7-12(15)13(16)9-11/h6-7,9H,3-5,8,10,17H2,1-2H3. The first-order valence-electron chi connectivity index (χ1n) is 6.23. The van der Waals surface area contributed by atoms with Crippen molar-refractivity contribution in [2.45, 2.75) is 51.5 Å². The normalized spacial score (nSPS) is 14.6. The van der Waals surface area contributed by atoms with Gasteiger partial charge in [-0.1, -0.05) is 56.0 Å². The highest BCUT2D eigenvalue weighted by atomic mass is 35.5. The maximum atomic E-state index is 6.43. The van der Waals surface area contributed by atoms with Crippen molar-refractivity contribution in [1.82, 2.24) is 0 Å². The molecule has 0 amide bonds. The zero-order chi connectivity index (χ0) is 12.9. The summed E-state index contributed by atoms with van der Waals surface area (Å²) in [5, 5.41) is 1.21. The van der Waals surface area contributed by atoms with E-state index in [2.05, 4.69) is 13.8 Å². The summed E-state index contributed by atoms with van der Waals surface area (Å²) in [6, 6.07) is 5.78. The van der Waals surface area contributed by atoms with Gasteiger partial charge in [-0.3, -0.25) is 0 Å². The fourth-order valence-electron chi connectivity index (χ4n) is 1.98. The van der Waals surface area contributed by atoms with E-state index in [-0.39, 0.29) is 5.54 Å². The number of benzene rings is 1. The van der Waals surface area contributed by atoms with Gasteiger partial charge in [-0.25, -0.2) is 0 Å². The fraction of sp³-hybridized carbons (Fsp3) is 0.571. The largest absolute Gasteiger partial charge is 0.325 e. The van der Waals surface area contributed by atoms with Crippen LogP contribution in [-0.4, -0.2) is 5.54 Å². The molecule has 0 bridgehead atoms. The van der Waals surface area contributed by atoms with Crippen LogP contribution in [0.2, 0.25) is 10.0 Å². The van der Waals surface area contributed by atoms with E-state index in [1.54, 1.807) is 0 Å². The summed E-state index contributed by atoms with van der Waals surface area (Å²) < 4.78 is 0. The molecule has 0 fully saturated rings. The number of halogens is 2. The first kappa shape index (κ1) is 14.8. The third kappa shape index (κ3) is 4.50. The van der Waals surface area contributed by atoms with Crippen molar-refractivity contribution in [3.63, 3.8) is 0 Å². The highest BCUT2D eigenvalue weighted by molar-refractivity contribution is 6.42. The molecule has 0 heterocycles. The molecule has 3 heteroatoms. The monoisotopic (exact) mass is 273 g/mol. The highest BCUT2D eigenvalue weighted by Crippen LogP contribution is 2.26. The molecule has 0 radical (unpaired) electrons. The topological polar surface area (TPSA) is 26.0 Å². The molecule has 0 spiro atoms. The predicted molar refractivity (Wildman–Crippen MR) is 76.9 cm³/mol. The van der Waals surface area contributed by atoms with Crippen molar-refractivity contribution >= 4 is 23.2 Å². The van der Waals surface area contributed by atoms with Gasteiger partial charge in [-0.05, 0) is 37.0 Å². The molecule has 0 aliphatic rings. The molecule has 0 saturated carbocycles. The van der Waals surface area contributed by atoms with E-state index in [0.717, 1.165) is 19.3 Å². The Morgan fingerprint density at radius 2 is 1.88 bits per heavy atom. The van der Waals surface area contributed by atoms with E-state index in [1.807, 2.05) is 18.2 Å². The van der Waals surface area contributed by atoms with Crippen molar-refractivity contribution in [1.29, 1.82) is 0 Å². The molecular weight excluding hydrogens is 253 g/mol. The highest BCUT2D eigenvalue weighted by Gasteiger charge is 2.22. The van der Waals surface area contributed by atoms with Crippen LogP contribution < -0.4 is 5.73 Å². The molecule has 1 aromatic carbocycles. The van der Waals surface area contributed by atoms with Crippen LogP contribution >= 0.6 is 23.2 Å². The van der Waals surface area contributed by atoms with Crippen LogP contribution in [-0.2, 0) is 6.42 Å². The second-order valence-electron chi connectivity index (χ2n) is 4.74. The third-order valence-electron chi connectivity index (χ3n) is 3.27. The molecule has 1 nitrogen and oxygen atoms in total. The summed E-state index contributed by atoms with van der Waals surface area (Å²) in [6.45, 7) is 4.34. The van der Waals surface area contributed by atoms with E-state index < -0.39 is 0 Å². The van der Waals surface area contributed by atoms with Gasteiger partial charge in [0.2, 0.25) is 0 Å². The minimum Gasteiger partial charge on any atom is -0.325 e. The molecule has 0 aromatic heterocycles. The van der Waals surface area contributed by atoms with Gasteiger partial charge in [0.1, 0.15) is 0 Å². The Bertz CT molecular complexity index is 365. The zero-order valence-corrected chi connectivity index (χ0v) is 12.1.